The van der Waals surface area contributed by atoms with Gasteiger partial charge < -0.3 is 10.6 Å². The van der Waals surface area contributed by atoms with E-state index < -0.39 is 0 Å². The molecule has 13 heavy (non-hydrogen) atoms. The molecule has 2 fully saturated rings. The minimum absolute atomic E-state index is 0.0164. The van der Waals surface area contributed by atoms with E-state index in [-0.39, 0.29) is 11.3 Å². The predicted octanol–water partition coefficient (Wildman–Crippen LogP) is 0.655. The predicted molar refractivity (Wildman–Crippen MR) is 51.4 cm³/mol. The molecule has 1 heterocycles. The molecule has 1 aliphatic heterocycles. The summed E-state index contributed by atoms with van der Waals surface area (Å²) in [6.45, 7) is 4.10. The molecule has 0 spiro atoms. The fourth-order valence-electron chi connectivity index (χ4n) is 1.75. The van der Waals surface area contributed by atoms with Crippen molar-refractivity contribution in [2.75, 3.05) is 13.1 Å². The number of piperidine rings is 1. The van der Waals surface area contributed by atoms with Gasteiger partial charge in [0.2, 0.25) is 5.91 Å². The van der Waals surface area contributed by atoms with Crippen molar-refractivity contribution in [1.82, 2.24) is 10.6 Å². The highest BCUT2D eigenvalue weighted by Crippen LogP contribution is 2.45. The van der Waals surface area contributed by atoms with Crippen LogP contribution in [0.15, 0.2) is 0 Å². The van der Waals surface area contributed by atoms with E-state index in [9.17, 15) is 4.79 Å². The van der Waals surface area contributed by atoms with Gasteiger partial charge in [-0.25, -0.2) is 0 Å². The second kappa shape index (κ2) is 3.29. The molecule has 0 aromatic heterocycles. The summed E-state index contributed by atoms with van der Waals surface area (Å²) in [6, 6.07) is 0.374. The Morgan fingerprint density at radius 2 is 2.31 bits per heavy atom. The van der Waals surface area contributed by atoms with Crippen LogP contribution >= 0.6 is 0 Å². The standard InChI is InChI=1S/C10H18N2O/c1-10(4-5-10)9(13)12-8-3-2-6-11-7-8/h8,11H,2-7H2,1H3,(H,12,13)/t8-/m1/s1. The lowest BCUT2D eigenvalue weighted by molar-refractivity contribution is -0.126. The number of amides is 1. The molecule has 0 unspecified atom stereocenters. The molecule has 1 aliphatic carbocycles. The van der Waals surface area contributed by atoms with Crippen LogP contribution in [0.25, 0.3) is 0 Å². The minimum atomic E-state index is -0.0164. The van der Waals surface area contributed by atoms with E-state index >= 15 is 0 Å². The number of rotatable bonds is 2. The summed E-state index contributed by atoms with van der Waals surface area (Å²) in [5.41, 5.74) is -0.0164. The summed E-state index contributed by atoms with van der Waals surface area (Å²) in [6.07, 6.45) is 4.45. The first-order chi connectivity index (χ1) is 6.21. The molecule has 0 aromatic rings. The molecule has 2 rings (SSSR count). The van der Waals surface area contributed by atoms with Crippen molar-refractivity contribution in [2.24, 2.45) is 5.41 Å². The molecule has 0 bridgehead atoms. The molecule has 2 N–H and O–H groups in total. The van der Waals surface area contributed by atoms with Crippen LogP contribution in [-0.4, -0.2) is 25.0 Å². The summed E-state index contributed by atoms with van der Waals surface area (Å²) >= 11 is 0. The number of hydrogen-bond donors (Lipinski definition) is 2. The Morgan fingerprint density at radius 1 is 1.54 bits per heavy atom. The topological polar surface area (TPSA) is 41.1 Å². The molecule has 1 amide bonds. The molecule has 74 valence electrons. The van der Waals surface area contributed by atoms with Crippen molar-refractivity contribution in [3.63, 3.8) is 0 Å². The van der Waals surface area contributed by atoms with Crippen molar-refractivity contribution < 1.29 is 4.79 Å². The Hall–Kier alpha value is -0.570. The van der Waals surface area contributed by atoms with E-state index in [1.165, 1.54) is 6.42 Å². The SMILES string of the molecule is CC1(C(=O)N[C@@H]2CCCNC2)CC1. The summed E-state index contributed by atoms with van der Waals surface area (Å²) in [5, 5.41) is 6.42. The van der Waals surface area contributed by atoms with Crippen molar-refractivity contribution in [2.45, 2.75) is 38.6 Å². The first-order valence-corrected chi connectivity index (χ1v) is 5.22. The van der Waals surface area contributed by atoms with Crippen molar-refractivity contribution in [1.29, 1.82) is 0 Å². The second-order valence-corrected chi connectivity index (χ2v) is 4.58. The van der Waals surface area contributed by atoms with Crippen molar-refractivity contribution in [3.05, 3.63) is 0 Å². The van der Waals surface area contributed by atoms with Crippen LogP contribution in [0.4, 0.5) is 0 Å². The molecule has 1 atom stereocenters. The first kappa shape index (κ1) is 9.00. The Bertz CT molecular complexity index is 205. The highest BCUT2D eigenvalue weighted by Gasteiger charge is 2.45. The maximum Gasteiger partial charge on any atom is 0.226 e. The summed E-state index contributed by atoms with van der Waals surface area (Å²) in [7, 11) is 0. The lowest BCUT2D eigenvalue weighted by atomic mass is 10.0. The average molecular weight is 182 g/mol. The van der Waals surface area contributed by atoms with Crippen LogP contribution in [0.5, 0.6) is 0 Å². The van der Waals surface area contributed by atoms with E-state index in [1.54, 1.807) is 0 Å². The van der Waals surface area contributed by atoms with Crippen LogP contribution in [-0.2, 0) is 4.79 Å². The van der Waals surface area contributed by atoms with Crippen LogP contribution in [0.1, 0.15) is 32.6 Å². The van der Waals surface area contributed by atoms with Gasteiger partial charge >= 0.3 is 0 Å². The maximum absolute atomic E-state index is 11.7. The smallest absolute Gasteiger partial charge is 0.226 e. The third-order valence-electron chi connectivity index (χ3n) is 3.18. The van der Waals surface area contributed by atoms with E-state index in [0.717, 1.165) is 32.4 Å². The Morgan fingerprint density at radius 3 is 2.85 bits per heavy atom. The fraction of sp³-hybridized carbons (Fsp3) is 0.900. The zero-order valence-corrected chi connectivity index (χ0v) is 8.23. The molecular formula is C10H18N2O. The normalized spacial score (nSPS) is 31.0. The maximum atomic E-state index is 11.7. The Kier molecular flexibility index (Phi) is 2.28. The monoisotopic (exact) mass is 182 g/mol. The van der Waals surface area contributed by atoms with Gasteiger partial charge in [-0.05, 0) is 32.2 Å². The molecule has 3 nitrogen and oxygen atoms in total. The van der Waals surface area contributed by atoms with Gasteiger partial charge in [0.15, 0.2) is 0 Å². The Labute approximate surface area is 79.3 Å². The van der Waals surface area contributed by atoms with Gasteiger partial charge in [-0.15, -0.1) is 0 Å². The molecule has 1 saturated carbocycles. The van der Waals surface area contributed by atoms with Crippen LogP contribution in [0.2, 0.25) is 0 Å². The number of nitrogens with one attached hydrogen (secondary N) is 2. The third kappa shape index (κ3) is 2.02. The summed E-state index contributed by atoms with van der Waals surface area (Å²) < 4.78 is 0. The molecule has 0 radical (unpaired) electrons. The highest BCUT2D eigenvalue weighted by atomic mass is 16.2. The number of carbonyl (C=O) groups is 1. The van der Waals surface area contributed by atoms with Gasteiger partial charge in [-0.2, -0.15) is 0 Å². The largest absolute Gasteiger partial charge is 0.352 e. The average Bonchev–Trinajstić information content (AvgIpc) is 2.87. The zero-order valence-electron chi connectivity index (χ0n) is 8.23. The van der Waals surface area contributed by atoms with E-state index in [4.69, 9.17) is 0 Å². The van der Waals surface area contributed by atoms with E-state index in [1.807, 2.05) is 0 Å². The molecule has 1 saturated heterocycles. The van der Waals surface area contributed by atoms with Gasteiger partial charge in [0, 0.05) is 18.0 Å². The first-order valence-electron chi connectivity index (χ1n) is 5.22. The van der Waals surface area contributed by atoms with E-state index in [2.05, 4.69) is 17.6 Å². The highest BCUT2D eigenvalue weighted by molar-refractivity contribution is 5.85. The van der Waals surface area contributed by atoms with Crippen molar-refractivity contribution in [3.8, 4) is 0 Å². The number of carbonyl (C=O) groups excluding carboxylic acids is 1. The molecular weight excluding hydrogens is 164 g/mol. The van der Waals surface area contributed by atoms with Gasteiger partial charge in [-0.1, -0.05) is 6.92 Å². The van der Waals surface area contributed by atoms with Gasteiger partial charge in [0.25, 0.3) is 0 Å². The van der Waals surface area contributed by atoms with Crippen LogP contribution < -0.4 is 10.6 Å². The second-order valence-electron chi connectivity index (χ2n) is 4.58. The Balaban J connectivity index is 1.79. The van der Waals surface area contributed by atoms with Crippen LogP contribution in [0.3, 0.4) is 0 Å². The van der Waals surface area contributed by atoms with Crippen molar-refractivity contribution >= 4 is 5.91 Å². The molecule has 2 aliphatic rings. The van der Waals surface area contributed by atoms with Gasteiger partial charge in [0.05, 0.1) is 0 Å². The van der Waals surface area contributed by atoms with Gasteiger partial charge in [-0.3, -0.25) is 4.79 Å². The van der Waals surface area contributed by atoms with Crippen LogP contribution in [0, 0.1) is 5.41 Å². The quantitative estimate of drug-likeness (QED) is 0.658. The lowest BCUT2D eigenvalue weighted by Crippen LogP contribution is -2.47. The fourth-order valence-corrected chi connectivity index (χ4v) is 1.75. The zero-order chi connectivity index (χ0) is 9.31. The number of hydrogen-bond acceptors (Lipinski definition) is 2. The summed E-state index contributed by atoms with van der Waals surface area (Å²) in [5.74, 6) is 0.265. The minimum Gasteiger partial charge on any atom is -0.352 e. The summed E-state index contributed by atoms with van der Waals surface area (Å²) in [4.78, 5) is 11.7. The third-order valence-corrected chi connectivity index (χ3v) is 3.18. The van der Waals surface area contributed by atoms with E-state index in [0.29, 0.717) is 6.04 Å². The lowest BCUT2D eigenvalue weighted by Gasteiger charge is -2.25. The molecule has 0 aromatic carbocycles. The van der Waals surface area contributed by atoms with Gasteiger partial charge in [0.1, 0.15) is 0 Å². The molecule has 3 heteroatoms.